The maximum Gasteiger partial charge on any atom is 0.338 e. The lowest BCUT2D eigenvalue weighted by Crippen LogP contribution is -2.33. The molecule has 0 radical (unpaired) electrons. The van der Waals surface area contributed by atoms with Gasteiger partial charge in [0, 0.05) is 16.5 Å². The van der Waals surface area contributed by atoms with Crippen LogP contribution in [-0.4, -0.2) is 59.4 Å². The van der Waals surface area contributed by atoms with Crippen molar-refractivity contribution in [1.29, 1.82) is 0 Å². The van der Waals surface area contributed by atoms with E-state index in [4.69, 9.17) is 14.2 Å². The monoisotopic (exact) mass is 675 g/mol. The summed E-state index contributed by atoms with van der Waals surface area (Å²) < 4.78 is 17.3. The number of thioether (sulfide) groups is 1. The predicted molar refractivity (Wildman–Crippen MR) is 175 cm³/mol. The van der Waals surface area contributed by atoms with Crippen molar-refractivity contribution in [2.45, 2.75) is 29.7 Å². The number of hydrogen-bond donors (Lipinski definition) is 2. The highest BCUT2D eigenvalue weighted by Crippen LogP contribution is 2.54. The number of nitrogens with zero attached hydrogens (tertiary/aromatic N) is 2. The highest BCUT2D eigenvalue weighted by atomic mass is 32.2. The van der Waals surface area contributed by atoms with Gasteiger partial charge in [-0.2, -0.15) is 0 Å². The number of hydrogen-bond acceptors (Lipinski definition) is 11. The third kappa shape index (κ3) is 5.85. The van der Waals surface area contributed by atoms with E-state index in [-0.39, 0.29) is 24.5 Å². The molecule has 3 aromatic carbocycles. The minimum Gasteiger partial charge on any atom is -0.508 e. The Balaban J connectivity index is 1.40. The number of amides is 3. The zero-order valence-corrected chi connectivity index (χ0v) is 27.1. The largest absolute Gasteiger partial charge is 0.508 e. The molecule has 3 atom stereocenters. The standard InChI is InChI=1S/C33H29N3O9S2/c1-4-45-32(41)17-5-10-20(11-6-17)36-29(39)26-25(18-7-14-22(43-2)23(15-18)44-3)28-31(46-27(26)30(36)40)35(33(42)47-28)16-24(38)34-19-8-12-21(37)13-9-19/h5-15,25-27,37H,4,16H2,1-3H3,(H,34,38)/t25-,26-,27+/m0/s1. The van der Waals surface area contributed by atoms with Crippen LogP contribution in [0.5, 0.6) is 17.2 Å². The molecule has 0 saturated carbocycles. The summed E-state index contributed by atoms with van der Waals surface area (Å²) in [5.74, 6) is -2.65. The number of nitrogens with one attached hydrogen (secondary N) is 1. The normalized spacial score (nSPS) is 18.4. The zero-order chi connectivity index (χ0) is 33.4. The van der Waals surface area contributed by atoms with E-state index in [1.54, 1.807) is 25.1 Å². The Kier molecular flexibility index (Phi) is 8.80. The van der Waals surface area contributed by atoms with Gasteiger partial charge in [0.1, 0.15) is 17.5 Å². The van der Waals surface area contributed by atoms with Gasteiger partial charge in [0.25, 0.3) is 0 Å². The number of esters is 1. The number of imide groups is 1. The summed E-state index contributed by atoms with van der Waals surface area (Å²) >= 11 is 2.00. The van der Waals surface area contributed by atoms with Gasteiger partial charge >= 0.3 is 10.8 Å². The molecule has 1 fully saturated rings. The number of ether oxygens (including phenoxy) is 3. The van der Waals surface area contributed by atoms with Crippen molar-refractivity contribution in [3.05, 3.63) is 92.4 Å². The Bertz CT molecular complexity index is 1940. The third-order valence-corrected chi connectivity index (χ3v) is 10.5. The Morgan fingerprint density at radius 1 is 0.915 bits per heavy atom. The molecule has 12 nitrogen and oxygen atoms in total. The van der Waals surface area contributed by atoms with Crippen molar-refractivity contribution in [3.8, 4) is 17.2 Å². The number of fused-ring (bicyclic) bond motifs is 2. The van der Waals surface area contributed by atoms with E-state index in [1.807, 2.05) is 0 Å². The Labute approximate surface area is 276 Å². The lowest BCUT2D eigenvalue weighted by molar-refractivity contribution is -0.122. The lowest BCUT2D eigenvalue weighted by Gasteiger charge is -2.31. The van der Waals surface area contributed by atoms with Crippen LogP contribution in [0.25, 0.3) is 0 Å². The summed E-state index contributed by atoms with van der Waals surface area (Å²) in [5.41, 5.74) is 1.63. The average molecular weight is 676 g/mol. The molecule has 2 aliphatic heterocycles. The van der Waals surface area contributed by atoms with Gasteiger partial charge in [-0.3, -0.25) is 23.7 Å². The third-order valence-electron chi connectivity index (χ3n) is 7.91. The molecule has 0 bridgehead atoms. The molecule has 1 saturated heterocycles. The van der Waals surface area contributed by atoms with E-state index in [2.05, 4.69) is 5.32 Å². The molecular weight excluding hydrogens is 647 g/mol. The van der Waals surface area contributed by atoms with Crippen LogP contribution in [0, 0.1) is 5.92 Å². The highest BCUT2D eigenvalue weighted by Gasteiger charge is 2.57. The van der Waals surface area contributed by atoms with Crippen LogP contribution in [0.3, 0.4) is 0 Å². The number of aromatic hydroxyl groups is 1. The molecule has 3 heterocycles. The van der Waals surface area contributed by atoms with Crippen LogP contribution in [0.4, 0.5) is 11.4 Å². The van der Waals surface area contributed by atoms with Crippen LogP contribution >= 0.6 is 23.1 Å². The minimum atomic E-state index is -0.918. The second-order valence-electron chi connectivity index (χ2n) is 10.7. The van der Waals surface area contributed by atoms with Crippen molar-refractivity contribution in [2.75, 3.05) is 31.0 Å². The molecule has 242 valence electrons. The topological polar surface area (TPSA) is 153 Å². The minimum absolute atomic E-state index is 0.0399. The smallest absolute Gasteiger partial charge is 0.338 e. The fourth-order valence-electron chi connectivity index (χ4n) is 5.77. The summed E-state index contributed by atoms with van der Waals surface area (Å²) in [5, 5.41) is 11.8. The van der Waals surface area contributed by atoms with Crippen molar-refractivity contribution >= 4 is 58.2 Å². The van der Waals surface area contributed by atoms with Crippen molar-refractivity contribution in [3.63, 3.8) is 0 Å². The Morgan fingerprint density at radius 2 is 1.62 bits per heavy atom. The number of methoxy groups -OCH3 is 2. The number of carbonyl (C=O) groups excluding carboxylic acids is 4. The fourth-order valence-corrected chi connectivity index (χ4v) is 8.54. The number of benzene rings is 3. The molecule has 0 aliphatic carbocycles. The number of aromatic nitrogens is 1. The summed E-state index contributed by atoms with van der Waals surface area (Å²) in [4.78, 5) is 68.2. The average Bonchev–Trinajstić information content (AvgIpc) is 3.51. The maximum absolute atomic E-state index is 14.2. The van der Waals surface area contributed by atoms with E-state index in [0.29, 0.717) is 38.3 Å². The van der Waals surface area contributed by atoms with Crippen molar-refractivity contribution in [1.82, 2.24) is 4.57 Å². The van der Waals surface area contributed by atoms with Crippen LogP contribution in [0.2, 0.25) is 0 Å². The number of phenols is 1. The molecule has 47 heavy (non-hydrogen) atoms. The molecule has 14 heteroatoms. The van der Waals surface area contributed by atoms with Gasteiger partial charge in [-0.15, -0.1) is 0 Å². The second-order valence-corrected chi connectivity index (χ2v) is 12.8. The summed E-state index contributed by atoms with van der Waals surface area (Å²) in [7, 11) is 2.99. The number of phenolic OH excluding ortho intramolecular Hbond substituents is 1. The molecule has 4 aromatic rings. The number of anilines is 2. The predicted octanol–water partition coefficient (Wildman–Crippen LogP) is 4.24. The molecular formula is C33H29N3O9S2. The van der Waals surface area contributed by atoms with E-state index < -0.39 is 45.6 Å². The van der Waals surface area contributed by atoms with Crippen LogP contribution in [0.15, 0.2) is 76.6 Å². The van der Waals surface area contributed by atoms with E-state index in [1.165, 1.54) is 67.3 Å². The Morgan fingerprint density at radius 3 is 2.28 bits per heavy atom. The van der Waals surface area contributed by atoms with Crippen LogP contribution in [0.1, 0.15) is 33.6 Å². The van der Waals surface area contributed by atoms with E-state index in [0.717, 1.165) is 28.0 Å². The first-order valence-electron chi connectivity index (χ1n) is 14.5. The molecule has 3 amide bonds. The van der Waals surface area contributed by atoms with Gasteiger partial charge in [-0.25, -0.2) is 9.69 Å². The maximum atomic E-state index is 14.2. The summed E-state index contributed by atoms with van der Waals surface area (Å²) in [6, 6.07) is 17.1. The van der Waals surface area contributed by atoms with Gasteiger partial charge in [0.15, 0.2) is 11.5 Å². The molecule has 1 aromatic heterocycles. The van der Waals surface area contributed by atoms with Gasteiger partial charge in [0.05, 0.1) is 43.0 Å². The molecule has 2 N–H and O–H groups in total. The molecule has 0 unspecified atom stereocenters. The first-order chi connectivity index (χ1) is 22.6. The fraction of sp³-hybridized carbons (Fsp3) is 0.242. The van der Waals surface area contributed by atoms with Gasteiger partial charge in [0.2, 0.25) is 17.7 Å². The Hall–Kier alpha value is -5.08. The summed E-state index contributed by atoms with van der Waals surface area (Å²) in [6.45, 7) is 1.56. The van der Waals surface area contributed by atoms with Crippen LogP contribution in [-0.2, 0) is 25.7 Å². The SMILES string of the molecule is CCOC(=O)c1ccc(N2C(=O)[C@H]3[C@H](c4ccc(OC)c(OC)c4)c4sc(=O)n(CC(=O)Nc5ccc(O)cc5)c4S[C@H]3C2=O)cc1. The van der Waals surface area contributed by atoms with Gasteiger partial charge < -0.3 is 24.6 Å². The highest BCUT2D eigenvalue weighted by molar-refractivity contribution is 8.00. The first-order valence-corrected chi connectivity index (χ1v) is 16.2. The zero-order valence-electron chi connectivity index (χ0n) is 25.4. The van der Waals surface area contributed by atoms with Gasteiger partial charge in [-0.1, -0.05) is 29.2 Å². The number of rotatable bonds is 9. The van der Waals surface area contributed by atoms with Crippen LogP contribution < -0.4 is 24.6 Å². The van der Waals surface area contributed by atoms with Crippen molar-refractivity contribution < 1.29 is 38.5 Å². The van der Waals surface area contributed by atoms with Gasteiger partial charge in [-0.05, 0) is 73.2 Å². The number of carbonyl (C=O) groups is 4. The lowest BCUT2D eigenvalue weighted by atomic mass is 9.83. The second kappa shape index (κ2) is 13.0. The molecule has 6 rings (SSSR count). The molecule has 2 aliphatic rings. The molecule has 0 spiro atoms. The first kappa shape index (κ1) is 31.9. The van der Waals surface area contributed by atoms with E-state index >= 15 is 0 Å². The van der Waals surface area contributed by atoms with E-state index in [9.17, 15) is 29.1 Å². The number of thiazole rings is 1. The van der Waals surface area contributed by atoms with Crippen molar-refractivity contribution in [2.24, 2.45) is 5.92 Å². The summed E-state index contributed by atoms with van der Waals surface area (Å²) in [6.07, 6.45) is 0. The quantitative estimate of drug-likeness (QED) is 0.150.